The Labute approximate surface area is 131 Å². The molecule has 8 heteroatoms. The molecule has 0 saturated carbocycles. The monoisotopic (exact) mass is 326 g/mol. The molecular formula is C14H22N4O3S. The second-order valence-electron chi connectivity index (χ2n) is 6.16. The zero-order valence-electron chi connectivity index (χ0n) is 12.7. The fraction of sp³-hybridized carbons (Fsp3) is 0.714. The fourth-order valence-electron chi connectivity index (χ4n) is 3.28. The van der Waals surface area contributed by atoms with E-state index in [-0.39, 0.29) is 11.7 Å². The number of ether oxygens (including phenoxy) is 1. The van der Waals surface area contributed by atoms with Crippen LogP contribution in [-0.2, 0) is 14.8 Å². The van der Waals surface area contributed by atoms with E-state index in [1.54, 1.807) is 18.5 Å². The van der Waals surface area contributed by atoms with E-state index in [0.29, 0.717) is 6.54 Å². The summed E-state index contributed by atoms with van der Waals surface area (Å²) >= 11 is 0. The molecule has 3 heterocycles. The molecule has 0 amide bonds. The maximum absolute atomic E-state index is 11.2. The van der Waals surface area contributed by atoms with Crippen molar-refractivity contribution in [1.29, 1.82) is 0 Å². The molecule has 22 heavy (non-hydrogen) atoms. The van der Waals surface area contributed by atoms with Crippen LogP contribution in [0, 0.1) is 0 Å². The van der Waals surface area contributed by atoms with Gasteiger partial charge in [0, 0.05) is 32.0 Å². The van der Waals surface area contributed by atoms with Crippen molar-refractivity contribution in [2.75, 3.05) is 30.8 Å². The normalized spacial score (nSPS) is 29.1. The fourth-order valence-corrected chi connectivity index (χ4v) is 3.77. The molecular weight excluding hydrogens is 304 g/mol. The van der Waals surface area contributed by atoms with Gasteiger partial charge in [-0.15, -0.1) is 0 Å². The third-order valence-electron chi connectivity index (χ3n) is 4.30. The quantitative estimate of drug-likeness (QED) is 0.869. The van der Waals surface area contributed by atoms with Gasteiger partial charge in [-0.1, -0.05) is 0 Å². The predicted molar refractivity (Wildman–Crippen MR) is 83.2 cm³/mol. The molecule has 2 saturated heterocycles. The lowest BCUT2D eigenvalue weighted by Crippen LogP contribution is -2.46. The Morgan fingerprint density at radius 3 is 2.91 bits per heavy atom. The molecule has 2 atom stereocenters. The molecule has 1 aromatic rings. The highest BCUT2D eigenvalue weighted by molar-refractivity contribution is 7.88. The molecule has 2 aliphatic rings. The third-order valence-corrected chi connectivity index (χ3v) is 4.99. The van der Waals surface area contributed by atoms with E-state index in [9.17, 15) is 8.42 Å². The van der Waals surface area contributed by atoms with Crippen LogP contribution in [-0.4, -0.2) is 56.0 Å². The first-order chi connectivity index (χ1) is 10.5. The number of nitrogens with one attached hydrogen (secondary N) is 1. The minimum atomic E-state index is -3.17. The molecule has 0 aromatic carbocycles. The first kappa shape index (κ1) is 15.6. The zero-order valence-corrected chi connectivity index (χ0v) is 13.6. The Morgan fingerprint density at radius 2 is 2.18 bits per heavy atom. The Morgan fingerprint density at radius 1 is 1.41 bits per heavy atom. The largest absolute Gasteiger partial charge is 0.368 e. The summed E-state index contributed by atoms with van der Waals surface area (Å²) in [6.45, 7) is 1.99. The van der Waals surface area contributed by atoms with Crippen LogP contribution in [0.3, 0.4) is 0 Å². The van der Waals surface area contributed by atoms with Crippen molar-refractivity contribution in [2.45, 2.75) is 37.4 Å². The van der Waals surface area contributed by atoms with Gasteiger partial charge in [-0.25, -0.2) is 23.1 Å². The summed E-state index contributed by atoms with van der Waals surface area (Å²) in [5.41, 5.74) is -0.193. The minimum absolute atomic E-state index is 0.0554. The standard InChI is InChI=1S/C14H22N4O3S/c1-22(19,20)17-10-12-4-2-5-14(21-12)6-9-18(11-14)13-15-7-3-8-16-13/h3,7-8,12,17H,2,4-6,9-11H2,1H3/t12-,14-/m0/s1. The molecule has 0 bridgehead atoms. The summed E-state index contributed by atoms with van der Waals surface area (Å²) in [4.78, 5) is 10.7. The first-order valence-corrected chi connectivity index (χ1v) is 9.49. The molecule has 0 unspecified atom stereocenters. The molecule has 1 aromatic heterocycles. The number of rotatable bonds is 4. The average molecular weight is 326 g/mol. The Kier molecular flexibility index (Phi) is 4.33. The highest BCUT2D eigenvalue weighted by atomic mass is 32.2. The van der Waals surface area contributed by atoms with Crippen molar-refractivity contribution in [1.82, 2.24) is 14.7 Å². The number of nitrogens with zero attached hydrogens (tertiary/aromatic N) is 3. The average Bonchev–Trinajstić information content (AvgIpc) is 2.89. The van der Waals surface area contributed by atoms with E-state index in [4.69, 9.17) is 4.74 Å². The van der Waals surface area contributed by atoms with Gasteiger partial charge in [0.2, 0.25) is 16.0 Å². The lowest BCUT2D eigenvalue weighted by molar-refractivity contribution is -0.112. The van der Waals surface area contributed by atoms with E-state index in [1.165, 1.54) is 6.26 Å². The first-order valence-electron chi connectivity index (χ1n) is 7.60. The van der Waals surface area contributed by atoms with Crippen LogP contribution in [0.4, 0.5) is 5.95 Å². The van der Waals surface area contributed by atoms with Crippen LogP contribution >= 0.6 is 0 Å². The number of anilines is 1. The van der Waals surface area contributed by atoms with Gasteiger partial charge in [-0.2, -0.15) is 0 Å². The number of hydrogen-bond acceptors (Lipinski definition) is 6. The van der Waals surface area contributed by atoms with Crippen LogP contribution < -0.4 is 9.62 Å². The van der Waals surface area contributed by atoms with E-state index >= 15 is 0 Å². The van der Waals surface area contributed by atoms with Crippen LogP contribution in [0.1, 0.15) is 25.7 Å². The lowest BCUT2D eigenvalue weighted by atomic mass is 9.90. The molecule has 3 rings (SSSR count). The van der Waals surface area contributed by atoms with Crippen molar-refractivity contribution >= 4 is 16.0 Å². The smallest absolute Gasteiger partial charge is 0.225 e. The van der Waals surface area contributed by atoms with Gasteiger partial charge in [-0.3, -0.25) is 0 Å². The summed E-state index contributed by atoms with van der Waals surface area (Å²) in [5, 5.41) is 0. The van der Waals surface area contributed by atoms with Gasteiger partial charge in [-0.05, 0) is 31.7 Å². The SMILES string of the molecule is CS(=O)(=O)NC[C@@H]1CCC[C@@]2(CCN(c3ncccn3)C2)O1. The van der Waals surface area contributed by atoms with Crippen LogP contribution in [0.15, 0.2) is 18.5 Å². The molecule has 0 aliphatic carbocycles. The minimum Gasteiger partial charge on any atom is -0.368 e. The van der Waals surface area contributed by atoms with Crippen molar-refractivity contribution in [3.8, 4) is 0 Å². The Balaban J connectivity index is 1.62. The Hall–Kier alpha value is -1.25. The summed E-state index contributed by atoms with van der Waals surface area (Å²) in [6.07, 6.45) is 8.50. The van der Waals surface area contributed by atoms with Gasteiger partial charge in [0.1, 0.15) is 0 Å². The summed E-state index contributed by atoms with van der Waals surface area (Å²) in [5.74, 6) is 0.736. The molecule has 0 radical (unpaired) electrons. The van der Waals surface area contributed by atoms with Gasteiger partial charge >= 0.3 is 0 Å². The highest BCUT2D eigenvalue weighted by Crippen LogP contribution is 2.37. The second kappa shape index (κ2) is 6.10. The van der Waals surface area contributed by atoms with Gasteiger partial charge in [0.15, 0.2) is 0 Å². The van der Waals surface area contributed by atoms with Gasteiger partial charge < -0.3 is 9.64 Å². The number of sulfonamides is 1. The lowest BCUT2D eigenvalue weighted by Gasteiger charge is -2.38. The molecule has 122 valence electrons. The summed E-state index contributed by atoms with van der Waals surface area (Å²) < 4.78 is 31.3. The van der Waals surface area contributed by atoms with Crippen LogP contribution in [0.5, 0.6) is 0 Å². The van der Waals surface area contributed by atoms with Crippen molar-refractivity contribution in [3.05, 3.63) is 18.5 Å². The van der Waals surface area contributed by atoms with Crippen LogP contribution in [0.25, 0.3) is 0 Å². The van der Waals surface area contributed by atoms with E-state index in [2.05, 4.69) is 19.6 Å². The van der Waals surface area contributed by atoms with Crippen LogP contribution in [0.2, 0.25) is 0 Å². The highest BCUT2D eigenvalue weighted by Gasteiger charge is 2.43. The number of aromatic nitrogens is 2. The predicted octanol–water partition coefficient (Wildman–Crippen LogP) is 0.544. The molecule has 1 N–H and O–H groups in total. The van der Waals surface area contributed by atoms with E-state index in [0.717, 1.165) is 44.7 Å². The van der Waals surface area contributed by atoms with Gasteiger partial charge in [0.25, 0.3) is 0 Å². The van der Waals surface area contributed by atoms with E-state index in [1.807, 2.05) is 0 Å². The van der Waals surface area contributed by atoms with Gasteiger partial charge in [0.05, 0.1) is 18.0 Å². The maximum Gasteiger partial charge on any atom is 0.225 e. The van der Waals surface area contributed by atoms with Crippen molar-refractivity contribution < 1.29 is 13.2 Å². The molecule has 2 fully saturated rings. The topological polar surface area (TPSA) is 84.4 Å². The van der Waals surface area contributed by atoms with E-state index < -0.39 is 10.0 Å². The summed E-state index contributed by atoms with van der Waals surface area (Å²) in [6, 6.07) is 1.80. The second-order valence-corrected chi connectivity index (χ2v) is 7.99. The summed E-state index contributed by atoms with van der Waals surface area (Å²) in [7, 11) is -3.17. The van der Waals surface area contributed by atoms with Crippen molar-refractivity contribution in [3.63, 3.8) is 0 Å². The van der Waals surface area contributed by atoms with Crippen molar-refractivity contribution in [2.24, 2.45) is 0 Å². The molecule has 2 aliphatic heterocycles. The maximum atomic E-state index is 11.2. The zero-order chi connectivity index (χ0) is 15.6. The molecule has 1 spiro atoms. The number of hydrogen-bond donors (Lipinski definition) is 1. The third kappa shape index (κ3) is 3.74. The Bertz CT molecular complexity index is 610. The molecule has 7 nitrogen and oxygen atoms in total.